The van der Waals surface area contributed by atoms with Gasteiger partial charge in [-0.15, -0.1) is 0 Å². The van der Waals surface area contributed by atoms with E-state index in [0.717, 1.165) is 0 Å². The average Bonchev–Trinajstić information content (AvgIpc) is 3.33. The van der Waals surface area contributed by atoms with Crippen LogP contribution in [-0.2, 0) is 20.8 Å². The number of nitrogens with two attached hydrogens (primary N) is 2. The number of guanidine groups is 1. The van der Waals surface area contributed by atoms with Crippen molar-refractivity contribution in [3.8, 4) is 5.75 Å². The van der Waals surface area contributed by atoms with Crippen LogP contribution in [0.4, 0.5) is 0 Å². The Morgan fingerprint density at radius 2 is 1.79 bits per heavy atom. The summed E-state index contributed by atoms with van der Waals surface area (Å²) < 4.78 is 0. The third kappa shape index (κ3) is 9.80. The van der Waals surface area contributed by atoms with E-state index in [4.69, 9.17) is 11.5 Å². The predicted octanol–water partition coefficient (Wildman–Crippen LogP) is -0.512. The first-order valence-corrected chi connectivity index (χ1v) is 15.1. The van der Waals surface area contributed by atoms with Gasteiger partial charge in [0.15, 0.2) is 5.96 Å². The molecule has 7 atom stereocenters. The summed E-state index contributed by atoms with van der Waals surface area (Å²) in [7, 11) is 0. The normalized spacial score (nSPS) is 23.6. The molecule has 240 valence electrons. The summed E-state index contributed by atoms with van der Waals surface area (Å²) >= 11 is 0. The number of phenols is 1. The number of carbonyl (C=O) groups is 3. The van der Waals surface area contributed by atoms with Gasteiger partial charge >= 0.3 is 0 Å². The minimum atomic E-state index is -1.43. The number of likely N-dealkylation sites (tertiary alicyclic amines) is 1. The molecular formula is C30H48N6O7. The number of fused-ring (bicyclic) bond motifs is 1. The van der Waals surface area contributed by atoms with Crippen LogP contribution >= 0.6 is 0 Å². The van der Waals surface area contributed by atoms with Gasteiger partial charge in [-0.25, -0.2) is 0 Å². The predicted molar refractivity (Wildman–Crippen MR) is 161 cm³/mol. The molecule has 3 rings (SSSR count). The molecule has 1 aliphatic carbocycles. The monoisotopic (exact) mass is 604 g/mol. The fourth-order valence-corrected chi connectivity index (χ4v) is 6.13. The van der Waals surface area contributed by atoms with Gasteiger partial charge in [0.1, 0.15) is 23.9 Å². The van der Waals surface area contributed by atoms with Gasteiger partial charge in [-0.3, -0.25) is 19.4 Å². The van der Waals surface area contributed by atoms with E-state index >= 15 is 0 Å². The van der Waals surface area contributed by atoms with Crippen LogP contribution < -0.4 is 22.1 Å². The summed E-state index contributed by atoms with van der Waals surface area (Å²) in [6.45, 7) is 3.87. The minimum Gasteiger partial charge on any atom is -0.508 e. The Bertz CT molecular complexity index is 1110. The number of hydrogen-bond donors (Lipinski definition) is 8. The fraction of sp³-hybridized carbons (Fsp3) is 0.667. The van der Waals surface area contributed by atoms with Crippen LogP contribution in [0.3, 0.4) is 0 Å². The van der Waals surface area contributed by atoms with Crippen molar-refractivity contribution in [1.82, 2.24) is 15.5 Å². The molecule has 0 radical (unpaired) electrons. The van der Waals surface area contributed by atoms with Crippen LogP contribution in [0.15, 0.2) is 29.3 Å². The number of aliphatic hydroxyl groups excluding tert-OH is 3. The zero-order chi connectivity index (χ0) is 31.7. The van der Waals surface area contributed by atoms with Gasteiger partial charge in [0, 0.05) is 19.0 Å². The van der Waals surface area contributed by atoms with E-state index in [0.29, 0.717) is 50.6 Å². The van der Waals surface area contributed by atoms with Crippen molar-refractivity contribution in [2.45, 2.75) is 102 Å². The Hall–Kier alpha value is -3.42. The quantitative estimate of drug-likeness (QED) is 0.0776. The standard InChI is InChI=1S/C30H48N6O7/c1-17(2)12-23(35-28(42)26(40)13-18-5-8-21(38)9-6-18)29(43)36-24-15-22(39)10-7-19(24)14-25(36)27(41)34-20(16-37)4-3-11-33-30(31)32/h5-6,8-9,17,19-20,22-26,37-40H,3-4,7,10-16H2,1-2H3,(H,34,41)(H,35,42)(H4,31,32,33)/t19-,20-,22+,23-,24-,25+,26+/m0/s1. The molecule has 13 heteroatoms. The van der Waals surface area contributed by atoms with Gasteiger partial charge in [-0.1, -0.05) is 26.0 Å². The Balaban J connectivity index is 1.77. The number of nitrogens with zero attached hydrogens (tertiary/aromatic N) is 2. The summed E-state index contributed by atoms with van der Waals surface area (Å²) in [5, 5.41) is 46.1. The van der Waals surface area contributed by atoms with Gasteiger partial charge in [0.05, 0.1) is 18.8 Å². The molecule has 1 heterocycles. The molecule has 1 saturated heterocycles. The van der Waals surface area contributed by atoms with Gasteiger partial charge in [0.2, 0.25) is 17.7 Å². The summed E-state index contributed by atoms with van der Waals surface area (Å²) in [6.07, 6.45) is 1.17. The molecule has 2 fully saturated rings. The molecule has 1 aliphatic heterocycles. The van der Waals surface area contributed by atoms with E-state index in [1.807, 2.05) is 13.8 Å². The highest BCUT2D eigenvalue weighted by molar-refractivity contribution is 5.93. The first kappa shape index (κ1) is 34.1. The minimum absolute atomic E-state index is 0.00744. The first-order chi connectivity index (χ1) is 20.4. The Kier molecular flexibility index (Phi) is 12.6. The third-order valence-corrected chi connectivity index (χ3v) is 8.27. The second-order valence-corrected chi connectivity index (χ2v) is 12.2. The number of benzene rings is 1. The molecule has 1 aromatic rings. The topological polar surface area (TPSA) is 224 Å². The molecule has 10 N–H and O–H groups in total. The van der Waals surface area contributed by atoms with E-state index in [1.165, 1.54) is 17.0 Å². The molecule has 0 spiro atoms. The lowest BCUT2D eigenvalue weighted by Crippen LogP contribution is -2.58. The Labute approximate surface area is 252 Å². The maximum atomic E-state index is 14.2. The second-order valence-electron chi connectivity index (χ2n) is 12.2. The molecule has 13 nitrogen and oxygen atoms in total. The largest absolute Gasteiger partial charge is 0.508 e. The molecule has 0 unspecified atom stereocenters. The zero-order valence-electron chi connectivity index (χ0n) is 25.1. The maximum Gasteiger partial charge on any atom is 0.249 e. The lowest BCUT2D eigenvalue weighted by atomic mass is 9.83. The average molecular weight is 605 g/mol. The highest BCUT2D eigenvalue weighted by atomic mass is 16.3. The van der Waals surface area contributed by atoms with Gasteiger partial charge in [0.25, 0.3) is 0 Å². The highest BCUT2D eigenvalue weighted by Crippen LogP contribution is 2.40. The molecule has 0 aromatic heterocycles. The number of aliphatic hydroxyl groups is 3. The van der Waals surface area contributed by atoms with Crippen molar-refractivity contribution >= 4 is 23.7 Å². The molecule has 1 aromatic carbocycles. The summed E-state index contributed by atoms with van der Waals surface area (Å²) in [5.74, 6) is -1.51. The SMILES string of the molecule is CC(C)C[C@H](NC(=O)[C@H](O)Cc1ccc(O)cc1)C(=O)N1[C@@H](C(=O)N[C@H](CO)CCCN=C(N)N)C[C@@H]2CC[C@@H](O)C[C@@H]21. The fourth-order valence-electron chi connectivity index (χ4n) is 6.13. The molecule has 43 heavy (non-hydrogen) atoms. The molecule has 1 saturated carbocycles. The Morgan fingerprint density at radius 3 is 2.42 bits per heavy atom. The van der Waals surface area contributed by atoms with Crippen molar-refractivity contribution < 1.29 is 34.8 Å². The third-order valence-electron chi connectivity index (χ3n) is 8.27. The number of carbonyl (C=O) groups excluding carboxylic acids is 3. The van der Waals surface area contributed by atoms with Crippen molar-refractivity contribution in [1.29, 1.82) is 0 Å². The number of rotatable bonds is 14. The van der Waals surface area contributed by atoms with Crippen LogP contribution in [0.25, 0.3) is 0 Å². The van der Waals surface area contributed by atoms with Crippen molar-refractivity contribution in [3.63, 3.8) is 0 Å². The number of amides is 3. The van der Waals surface area contributed by atoms with E-state index in [2.05, 4.69) is 15.6 Å². The van der Waals surface area contributed by atoms with E-state index in [-0.39, 0.29) is 49.0 Å². The molecular weight excluding hydrogens is 556 g/mol. The number of aliphatic imine (C=N–C) groups is 1. The van der Waals surface area contributed by atoms with Crippen LogP contribution in [0.1, 0.15) is 64.4 Å². The first-order valence-electron chi connectivity index (χ1n) is 15.1. The Morgan fingerprint density at radius 1 is 1.09 bits per heavy atom. The number of phenolic OH excluding ortho intramolecular Hbond substituents is 1. The van der Waals surface area contributed by atoms with Gasteiger partial charge < -0.3 is 47.4 Å². The maximum absolute atomic E-state index is 14.2. The number of hydrogen-bond acceptors (Lipinski definition) is 8. The lowest BCUT2D eigenvalue weighted by Gasteiger charge is -2.38. The highest BCUT2D eigenvalue weighted by Gasteiger charge is 2.50. The van der Waals surface area contributed by atoms with Crippen LogP contribution in [0.2, 0.25) is 0 Å². The van der Waals surface area contributed by atoms with Crippen LogP contribution in [0.5, 0.6) is 5.75 Å². The molecule has 3 amide bonds. The molecule has 2 aliphatic rings. The van der Waals surface area contributed by atoms with E-state index < -0.39 is 48.1 Å². The lowest BCUT2D eigenvalue weighted by molar-refractivity contribution is -0.146. The zero-order valence-corrected chi connectivity index (χ0v) is 25.1. The summed E-state index contributed by atoms with van der Waals surface area (Å²) in [6, 6.07) is 3.35. The summed E-state index contributed by atoms with van der Waals surface area (Å²) in [4.78, 5) is 46.3. The van der Waals surface area contributed by atoms with Crippen LogP contribution in [-0.4, -0.2) is 98.5 Å². The van der Waals surface area contributed by atoms with Gasteiger partial charge in [-0.05, 0) is 74.5 Å². The number of nitrogens with one attached hydrogen (secondary N) is 2. The summed E-state index contributed by atoms with van der Waals surface area (Å²) in [5.41, 5.74) is 11.4. The van der Waals surface area contributed by atoms with E-state index in [1.54, 1.807) is 12.1 Å². The number of aromatic hydroxyl groups is 1. The second kappa shape index (κ2) is 15.9. The van der Waals surface area contributed by atoms with Crippen molar-refractivity contribution in [3.05, 3.63) is 29.8 Å². The van der Waals surface area contributed by atoms with E-state index in [9.17, 15) is 34.8 Å². The van der Waals surface area contributed by atoms with Crippen LogP contribution in [0, 0.1) is 11.8 Å². The molecule has 0 bridgehead atoms. The van der Waals surface area contributed by atoms with Gasteiger partial charge in [-0.2, -0.15) is 0 Å². The van der Waals surface area contributed by atoms with Crippen molar-refractivity contribution in [2.75, 3.05) is 13.2 Å². The smallest absolute Gasteiger partial charge is 0.249 e. The van der Waals surface area contributed by atoms with Crippen molar-refractivity contribution in [2.24, 2.45) is 28.3 Å².